The number of methoxy groups -OCH3 is 1. The van der Waals surface area contributed by atoms with Crippen molar-refractivity contribution < 1.29 is 14.3 Å². The van der Waals surface area contributed by atoms with Gasteiger partial charge in [-0.1, -0.05) is 26.8 Å². The van der Waals surface area contributed by atoms with E-state index in [2.05, 4.69) is 36.7 Å². The molecule has 1 atom stereocenters. The number of ether oxygens (including phenoxy) is 1. The number of nitrogens with one attached hydrogen (secondary N) is 3. The summed E-state index contributed by atoms with van der Waals surface area (Å²) < 4.78 is 5.34. The van der Waals surface area contributed by atoms with Crippen LogP contribution in [0.2, 0.25) is 0 Å². The van der Waals surface area contributed by atoms with Crippen LogP contribution in [0.5, 0.6) is 5.75 Å². The monoisotopic (exact) mass is 321 g/mol. The van der Waals surface area contributed by atoms with Crippen LogP contribution in [-0.2, 0) is 10.2 Å². The highest BCUT2D eigenvalue weighted by molar-refractivity contribution is 5.98. The summed E-state index contributed by atoms with van der Waals surface area (Å²) in [5.41, 5.74) is 1.82. The normalized spacial score (nSPS) is 12.3. The van der Waals surface area contributed by atoms with Gasteiger partial charge in [-0.2, -0.15) is 0 Å². The SMILES string of the molecule is CCNC(=O)NC(=O)C(C)Nc1cc(C(C)(C)C)ccc1OC. The molecule has 0 radical (unpaired) electrons. The van der Waals surface area contributed by atoms with Gasteiger partial charge in [0.15, 0.2) is 0 Å². The van der Waals surface area contributed by atoms with Gasteiger partial charge >= 0.3 is 6.03 Å². The molecule has 0 aliphatic carbocycles. The highest BCUT2D eigenvalue weighted by atomic mass is 16.5. The number of urea groups is 1. The van der Waals surface area contributed by atoms with Gasteiger partial charge in [0.05, 0.1) is 12.8 Å². The van der Waals surface area contributed by atoms with E-state index in [0.29, 0.717) is 12.3 Å². The molecule has 3 amide bonds. The molecule has 0 aromatic heterocycles. The van der Waals surface area contributed by atoms with Gasteiger partial charge in [0.1, 0.15) is 11.8 Å². The Balaban J connectivity index is 2.89. The van der Waals surface area contributed by atoms with E-state index in [1.165, 1.54) is 0 Å². The number of benzene rings is 1. The lowest BCUT2D eigenvalue weighted by Crippen LogP contribution is -2.45. The standard InChI is InChI=1S/C17H27N3O3/c1-7-18-16(22)20-15(21)11(2)19-13-10-12(17(3,4)5)8-9-14(13)23-6/h8-11,19H,7H2,1-6H3,(H2,18,20,21,22). The predicted molar refractivity (Wildman–Crippen MR) is 92.0 cm³/mol. The van der Waals surface area contributed by atoms with Crippen molar-refractivity contribution in [2.45, 2.75) is 46.1 Å². The fraction of sp³-hybridized carbons (Fsp3) is 0.529. The molecule has 1 unspecified atom stereocenters. The van der Waals surface area contributed by atoms with E-state index in [-0.39, 0.29) is 5.41 Å². The number of hydrogen-bond donors (Lipinski definition) is 3. The minimum Gasteiger partial charge on any atom is -0.495 e. The molecule has 0 saturated carbocycles. The van der Waals surface area contributed by atoms with Crippen molar-refractivity contribution in [3.63, 3.8) is 0 Å². The minimum atomic E-state index is -0.582. The van der Waals surface area contributed by atoms with Gasteiger partial charge in [0.25, 0.3) is 0 Å². The molecule has 0 heterocycles. The second kappa shape index (κ2) is 7.85. The van der Waals surface area contributed by atoms with Crippen LogP contribution in [0, 0.1) is 0 Å². The number of carbonyl (C=O) groups excluding carboxylic acids is 2. The van der Waals surface area contributed by atoms with E-state index >= 15 is 0 Å². The third-order valence-corrected chi connectivity index (χ3v) is 3.40. The summed E-state index contributed by atoms with van der Waals surface area (Å²) in [7, 11) is 1.58. The number of anilines is 1. The third kappa shape index (κ3) is 5.47. The van der Waals surface area contributed by atoms with Crippen molar-refractivity contribution in [1.29, 1.82) is 0 Å². The number of hydrogen-bond acceptors (Lipinski definition) is 4. The molecule has 23 heavy (non-hydrogen) atoms. The van der Waals surface area contributed by atoms with Gasteiger partial charge in [-0.05, 0) is 37.0 Å². The topological polar surface area (TPSA) is 79.5 Å². The summed E-state index contributed by atoms with van der Waals surface area (Å²) in [6.07, 6.45) is 0. The lowest BCUT2D eigenvalue weighted by molar-refractivity contribution is -0.120. The molecule has 0 fully saturated rings. The van der Waals surface area contributed by atoms with Crippen LogP contribution in [0.25, 0.3) is 0 Å². The number of rotatable bonds is 5. The molecule has 3 N–H and O–H groups in total. The van der Waals surface area contributed by atoms with Crippen molar-refractivity contribution >= 4 is 17.6 Å². The average Bonchev–Trinajstić information content (AvgIpc) is 2.46. The van der Waals surface area contributed by atoms with E-state index in [0.717, 1.165) is 11.3 Å². The Morgan fingerprint density at radius 1 is 1.26 bits per heavy atom. The summed E-state index contributed by atoms with van der Waals surface area (Å²) in [6.45, 7) is 10.3. The van der Waals surface area contributed by atoms with Gasteiger partial charge < -0.3 is 15.4 Å². The van der Waals surface area contributed by atoms with Crippen molar-refractivity contribution in [1.82, 2.24) is 10.6 Å². The lowest BCUT2D eigenvalue weighted by Gasteiger charge is -2.23. The summed E-state index contributed by atoms with van der Waals surface area (Å²) in [4.78, 5) is 23.5. The maximum absolute atomic E-state index is 12.0. The molecule has 0 bridgehead atoms. The fourth-order valence-electron chi connectivity index (χ4n) is 2.01. The van der Waals surface area contributed by atoms with Crippen molar-refractivity contribution in [2.75, 3.05) is 19.0 Å². The number of imide groups is 1. The molecule has 0 aliphatic heterocycles. The third-order valence-electron chi connectivity index (χ3n) is 3.40. The zero-order valence-corrected chi connectivity index (χ0v) is 14.7. The minimum absolute atomic E-state index is 0.0186. The van der Waals surface area contributed by atoms with Crippen LogP contribution < -0.4 is 20.7 Å². The first-order chi connectivity index (χ1) is 10.7. The van der Waals surface area contributed by atoms with E-state index in [1.54, 1.807) is 21.0 Å². The second-order valence-corrected chi connectivity index (χ2v) is 6.38. The van der Waals surface area contributed by atoms with E-state index in [4.69, 9.17) is 4.74 Å². The Bertz CT molecular complexity index is 565. The van der Waals surface area contributed by atoms with Crippen molar-refractivity contribution in [3.05, 3.63) is 23.8 Å². The molecule has 0 aliphatic rings. The van der Waals surface area contributed by atoms with Gasteiger partial charge in [-0.25, -0.2) is 4.79 Å². The van der Waals surface area contributed by atoms with Gasteiger partial charge in [-0.15, -0.1) is 0 Å². The van der Waals surface area contributed by atoms with E-state index < -0.39 is 18.0 Å². The van der Waals surface area contributed by atoms with Gasteiger partial charge in [0, 0.05) is 6.54 Å². The molecule has 128 valence electrons. The highest BCUT2D eigenvalue weighted by Crippen LogP contribution is 2.31. The Labute approximate surface area is 138 Å². The highest BCUT2D eigenvalue weighted by Gasteiger charge is 2.19. The summed E-state index contributed by atoms with van der Waals surface area (Å²) in [5.74, 6) is 0.245. The van der Waals surface area contributed by atoms with Crippen LogP contribution in [-0.4, -0.2) is 31.6 Å². The number of amides is 3. The maximum atomic E-state index is 12.0. The Hall–Kier alpha value is -2.24. The van der Waals surface area contributed by atoms with Crippen molar-refractivity contribution in [2.24, 2.45) is 0 Å². The molecule has 0 spiro atoms. The first-order valence-corrected chi connectivity index (χ1v) is 7.72. The van der Waals surface area contributed by atoms with Crippen molar-refractivity contribution in [3.8, 4) is 5.75 Å². The van der Waals surface area contributed by atoms with Gasteiger partial charge in [-0.3, -0.25) is 10.1 Å². The fourth-order valence-corrected chi connectivity index (χ4v) is 2.01. The van der Waals surface area contributed by atoms with Crippen LogP contribution in [0.4, 0.5) is 10.5 Å². The van der Waals surface area contributed by atoms with E-state index in [9.17, 15) is 9.59 Å². The smallest absolute Gasteiger partial charge is 0.321 e. The average molecular weight is 321 g/mol. The van der Waals surface area contributed by atoms with Crippen LogP contribution in [0.3, 0.4) is 0 Å². The number of carbonyl (C=O) groups is 2. The van der Waals surface area contributed by atoms with Crippen LogP contribution in [0.15, 0.2) is 18.2 Å². The first-order valence-electron chi connectivity index (χ1n) is 7.72. The zero-order chi connectivity index (χ0) is 17.6. The largest absolute Gasteiger partial charge is 0.495 e. The van der Waals surface area contributed by atoms with Crippen LogP contribution >= 0.6 is 0 Å². The Kier molecular flexibility index (Phi) is 6.42. The predicted octanol–water partition coefficient (Wildman–Crippen LogP) is 2.64. The molecule has 6 heteroatoms. The summed E-state index contributed by atoms with van der Waals surface area (Å²) in [6, 6.07) is 4.76. The molecule has 1 rings (SSSR count). The second-order valence-electron chi connectivity index (χ2n) is 6.38. The van der Waals surface area contributed by atoms with Crippen LogP contribution in [0.1, 0.15) is 40.2 Å². The van der Waals surface area contributed by atoms with E-state index in [1.807, 2.05) is 18.2 Å². The molecule has 0 saturated heterocycles. The molecule has 1 aromatic rings. The zero-order valence-electron chi connectivity index (χ0n) is 14.7. The lowest BCUT2D eigenvalue weighted by atomic mass is 9.86. The Morgan fingerprint density at radius 2 is 1.91 bits per heavy atom. The summed E-state index contributed by atoms with van der Waals surface area (Å²) in [5, 5.41) is 7.92. The maximum Gasteiger partial charge on any atom is 0.321 e. The summed E-state index contributed by atoms with van der Waals surface area (Å²) >= 11 is 0. The Morgan fingerprint density at radius 3 is 2.43 bits per heavy atom. The van der Waals surface area contributed by atoms with Gasteiger partial charge in [0.2, 0.25) is 5.91 Å². The first kappa shape index (κ1) is 18.8. The quantitative estimate of drug-likeness (QED) is 0.779. The molecule has 6 nitrogen and oxygen atoms in total. The molecular weight excluding hydrogens is 294 g/mol. The molecular formula is C17H27N3O3. The molecule has 1 aromatic carbocycles.